The quantitative estimate of drug-likeness (QED) is 0.928. The minimum atomic E-state index is -1.43. The minimum Gasteiger partial charge on any atom is -0.478 e. The van der Waals surface area contributed by atoms with Crippen molar-refractivity contribution in [3.63, 3.8) is 0 Å². The van der Waals surface area contributed by atoms with E-state index in [1.165, 1.54) is 12.2 Å². The summed E-state index contributed by atoms with van der Waals surface area (Å²) < 4.78 is 5.24. The summed E-state index contributed by atoms with van der Waals surface area (Å²) in [4.78, 5) is 21.7. The van der Waals surface area contributed by atoms with Gasteiger partial charge in [0.05, 0.1) is 5.52 Å². The number of hydrogen-bond acceptors (Lipinski definition) is 5. The molecule has 6 heteroatoms. The van der Waals surface area contributed by atoms with Crippen molar-refractivity contribution in [2.24, 2.45) is 0 Å². The maximum Gasteiger partial charge on any atom is 0.354 e. The van der Waals surface area contributed by atoms with Crippen LogP contribution in [0.4, 0.5) is 0 Å². The molecule has 1 aromatic heterocycles. The second-order valence-electron chi connectivity index (χ2n) is 4.92. The molecule has 1 aliphatic heterocycles. The molecular formula is C15H16N2O4. The fourth-order valence-electron chi connectivity index (χ4n) is 2.66. The lowest BCUT2D eigenvalue weighted by molar-refractivity contribution is -0.238. The number of carbonyl (C=O) groups is 1. The number of pyridine rings is 1. The number of carboxylic acid groups (broad SMARTS) is 1. The van der Waals surface area contributed by atoms with Crippen LogP contribution in [0.5, 0.6) is 5.75 Å². The number of fused-ring (bicyclic) bond motifs is 1. The minimum absolute atomic E-state index is 0.391. The molecule has 2 heterocycles. The standard InChI is InChI=1S/C15H16N2O4/c1-20-15(14(18)19)8-4-10-17(15)21-13-7-9-16-12-6-3-2-5-11(12)13/h2-3,5-7,9H,4,8,10H2,1H3,(H,18,19). The van der Waals surface area contributed by atoms with E-state index in [0.717, 1.165) is 10.9 Å². The number of methoxy groups -OCH3 is 1. The molecule has 3 rings (SSSR count). The molecule has 21 heavy (non-hydrogen) atoms. The van der Waals surface area contributed by atoms with Gasteiger partial charge in [-0.2, -0.15) is 0 Å². The average molecular weight is 288 g/mol. The number of benzene rings is 1. The van der Waals surface area contributed by atoms with Crippen LogP contribution in [0.15, 0.2) is 36.5 Å². The molecule has 2 aromatic rings. The van der Waals surface area contributed by atoms with Crippen LogP contribution in [0.3, 0.4) is 0 Å². The smallest absolute Gasteiger partial charge is 0.354 e. The largest absolute Gasteiger partial charge is 0.478 e. The van der Waals surface area contributed by atoms with Crippen molar-refractivity contribution in [3.8, 4) is 5.75 Å². The molecule has 1 atom stereocenters. The summed E-state index contributed by atoms with van der Waals surface area (Å²) >= 11 is 0. The number of para-hydroxylation sites is 1. The van der Waals surface area contributed by atoms with E-state index in [1.807, 2.05) is 24.3 Å². The Morgan fingerprint density at radius 2 is 2.19 bits per heavy atom. The van der Waals surface area contributed by atoms with Gasteiger partial charge in [0.15, 0.2) is 5.75 Å². The highest BCUT2D eigenvalue weighted by atomic mass is 16.7. The fraction of sp³-hybridized carbons (Fsp3) is 0.333. The first kappa shape index (κ1) is 13.8. The van der Waals surface area contributed by atoms with Gasteiger partial charge in [0.2, 0.25) is 0 Å². The Morgan fingerprint density at radius 3 is 2.95 bits per heavy atom. The van der Waals surface area contributed by atoms with E-state index >= 15 is 0 Å². The van der Waals surface area contributed by atoms with E-state index < -0.39 is 11.7 Å². The van der Waals surface area contributed by atoms with Gasteiger partial charge in [-0.05, 0) is 18.6 Å². The number of carboxylic acids is 1. The molecule has 1 N–H and O–H groups in total. The third-order valence-corrected chi connectivity index (χ3v) is 3.77. The molecule has 0 bridgehead atoms. The monoisotopic (exact) mass is 288 g/mol. The molecule has 1 aromatic carbocycles. The first-order valence-electron chi connectivity index (χ1n) is 6.75. The van der Waals surface area contributed by atoms with E-state index in [9.17, 15) is 9.90 Å². The van der Waals surface area contributed by atoms with Crippen molar-refractivity contribution in [1.29, 1.82) is 0 Å². The predicted octanol–water partition coefficient (Wildman–Crippen LogP) is 2.05. The van der Waals surface area contributed by atoms with Crippen LogP contribution in [0.1, 0.15) is 12.8 Å². The highest BCUT2D eigenvalue weighted by Gasteiger charge is 2.50. The molecule has 0 radical (unpaired) electrons. The number of aliphatic carboxylic acids is 1. The Morgan fingerprint density at radius 1 is 1.38 bits per heavy atom. The summed E-state index contributed by atoms with van der Waals surface area (Å²) in [6.07, 6.45) is 2.73. The molecule has 1 aliphatic rings. The number of ether oxygens (including phenoxy) is 1. The number of rotatable bonds is 4. The maximum atomic E-state index is 11.6. The van der Waals surface area contributed by atoms with Crippen LogP contribution >= 0.6 is 0 Å². The lowest BCUT2D eigenvalue weighted by atomic mass is 10.1. The second kappa shape index (κ2) is 5.31. The summed E-state index contributed by atoms with van der Waals surface area (Å²) in [5, 5.41) is 11.7. The van der Waals surface area contributed by atoms with Gasteiger partial charge in [-0.15, -0.1) is 5.06 Å². The molecule has 0 saturated carbocycles. The topological polar surface area (TPSA) is 71.9 Å². The highest BCUT2D eigenvalue weighted by Crippen LogP contribution is 2.33. The van der Waals surface area contributed by atoms with Crippen molar-refractivity contribution in [2.45, 2.75) is 18.6 Å². The molecule has 110 valence electrons. The van der Waals surface area contributed by atoms with Crippen molar-refractivity contribution in [3.05, 3.63) is 36.5 Å². The Balaban J connectivity index is 1.96. The molecule has 6 nitrogen and oxygen atoms in total. The summed E-state index contributed by atoms with van der Waals surface area (Å²) in [5.41, 5.74) is -0.628. The third-order valence-electron chi connectivity index (χ3n) is 3.77. The van der Waals surface area contributed by atoms with Crippen LogP contribution < -0.4 is 4.84 Å². The van der Waals surface area contributed by atoms with Crippen LogP contribution in [-0.2, 0) is 9.53 Å². The SMILES string of the molecule is COC1(C(=O)O)CCCN1Oc1ccnc2ccccc12. The van der Waals surface area contributed by atoms with Gasteiger partial charge in [-0.25, -0.2) is 4.79 Å². The Hall–Kier alpha value is -2.18. The molecule has 0 spiro atoms. The van der Waals surface area contributed by atoms with Gasteiger partial charge < -0.3 is 14.7 Å². The first-order chi connectivity index (χ1) is 10.2. The maximum absolute atomic E-state index is 11.6. The second-order valence-corrected chi connectivity index (χ2v) is 4.92. The van der Waals surface area contributed by atoms with Crippen LogP contribution in [-0.4, -0.2) is 40.5 Å². The van der Waals surface area contributed by atoms with Gasteiger partial charge in [0.1, 0.15) is 0 Å². The van der Waals surface area contributed by atoms with Crippen molar-refractivity contribution in [1.82, 2.24) is 10.0 Å². The van der Waals surface area contributed by atoms with Gasteiger partial charge >= 0.3 is 5.97 Å². The zero-order valence-electron chi connectivity index (χ0n) is 11.7. The predicted molar refractivity (Wildman–Crippen MR) is 75.7 cm³/mol. The zero-order valence-corrected chi connectivity index (χ0v) is 11.7. The number of hydroxylamine groups is 2. The van der Waals surface area contributed by atoms with E-state index in [4.69, 9.17) is 9.57 Å². The molecule has 0 aliphatic carbocycles. The van der Waals surface area contributed by atoms with E-state index in [0.29, 0.717) is 25.1 Å². The van der Waals surface area contributed by atoms with Gasteiger partial charge in [0.25, 0.3) is 5.72 Å². The normalized spacial score (nSPS) is 22.5. The molecular weight excluding hydrogens is 272 g/mol. The summed E-state index contributed by atoms with van der Waals surface area (Å²) in [7, 11) is 1.39. The fourth-order valence-corrected chi connectivity index (χ4v) is 2.66. The average Bonchev–Trinajstić information content (AvgIpc) is 2.92. The Bertz CT molecular complexity index is 670. The van der Waals surface area contributed by atoms with E-state index in [-0.39, 0.29) is 0 Å². The first-order valence-corrected chi connectivity index (χ1v) is 6.75. The van der Waals surface area contributed by atoms with Crippen molar-refractivity contribution >= 4 is 16.9 Å². The van der Waals surface area contributed by atoms with Gasteiger partial charge in [-0.1, -0.05) is 12.1 Å². The lowest BCUT2D eigenvalue weighted by Crippen LogP contribution is -2.53. The zero-order chi connectivity index (χ0) is 14.9. The Kier molecular flexibility index (Phi) is 3.48. The summed E-state index contributed by atoms with van der Waals surface area (Å²) in [5.74, 6) is -0.467. The van der Waals surface area contributed by atoms with Crippen LogP contribution in [0, 0.1) is 0 Å². The third kappa shape index (κ3) is 2.22. The van der Waals surface area contributed by atoms with E-state index in [2.05, 4.69) is 4.98 Å². The number of aromatic nitrogens is 1. The lowest BCUT2D eigenvalue weighted by Gasteiger charge is -2.32. The Labute approximate surface area is 121 Å². The van der Waals surface area contributed by atoms with Crippen LogP contribution in [0.25, 0.3) is 10.9 Å². The van der Waals surface area contributed by atoms with Crippen molar-refractivity contribution in [2.75, 3.05) is 13.7 Å². The van der Waals surface area contributed by atoms with Crippen molar-refractivity contribution < 1.29 is 19.5 Å². The summed E-state index contributed by atoms with van der Waals surface area (Å²) in [6, 6.07) is 9.28. The molecule has 1 unspecified atom stereocenters. The molecule has 1 fully saturated rings. The highest BCUT2D eigenvalue weighted by molar-refractivity contribution is 5.84. The number of nitrogens with zero attached hydrogens (tertiary/aromatic N) is 2. The van der Waals surface area contributed by atoms with Crippen LogP contribution in [0.2, 0.25) is 0 Å². The number of hydrogen-bond donors (Lipinski definition) is 1. The molecule has 0 amide bonds. The van der Waals surface area contributed by atoms with Gasteiger partial charge in [0, 0.05) is 37.7 Å². The molecule has 1 saturated heterocycles. The van der Waals surface area contributed by atoms with Gasteiger partial charge in [-0.3, -0.25) is 4.98 Å². The summed E-state index contributed by atoms with van der Waals surface area (Å²) in [6.45, 7) is 0.497. The van der Waals surface area contributed by atoms with E-state index in [1.54, 1.807) is 12.3 Å².